The van der Waals surface area contributed by atoms with E-state index >= 15 is 0 Å². The fourth-order valence-corrected chi connectivity index (χ4v) is 3.13. The summed E-state index contributed by atoms with van der Waals surface area (Å²) < 4.78 is 10.6. The summed E-state index contributed by atoms with van der Waals surface area (Å²) in [5.41, 5.74) is 0.872. The first kappa shape index (κ1) is 16.2. The Kier molecular flexibility index (Phi) is 5.48. The fourth-order valence-electron chi connectivity index (χ4n) is 2.01. The van der Waals surface area contributed by atoms with Gasteiger partial charge in [-0.15, -0.1) is 11.8 Å². The van der Waals surface area contributed by atoms with Crippen LogP contribution in [0.1, 0.15) is 0 Å². The van der Waals surface area contributed by atoms with E-state index in [4.69, 9.17) is 33.3 Å². The average Bonchev–Trinajstić information content (AvgIpc) is 3.01. The summed E-state index contributed by atoms with van der Waals surface area (Å²) in [5, 5.41) is 7.65. The summed E-state index contributed by atoms with van der Waals surface area (Å²) in [6.45, 7) is 1.03. The molecule has 0 radical (unpaired) electrons. The second-order valence-electron chi connectivity index (χ2n) is 4.75. The zero-order valence-electron chi connectivity index (χ0n) is 12.2. The standard InChI is InChI=1S/C16H15ClN2O2S2/c17-11-1-4-13(5-2-11)23-8-7-18-16(22)19-12-3-6-14-15(9-12)21-10-20-14/h1-6,9H,7-8,10H2,(H2,18,19,22). The molecule has 4 nitrogen and oxygen atoms in total. The average molecular weight is 367 g/mol. The highest BCUT2D eigenvalue weighted by Crippen LogP contribution is 2.34. The van der Waals surface area contributed by atoms with Gasteiger partial charge in [0.05, 0.1) is 0 Å². The Bertz CT molecular complexity index is 695. The molecule has 1 aliphatic rings. The van der Waals surface area contributed by atoms with Crippen molar-refractivity contribution in [3.05, 3.63) is 47.5 Å². The molecule has 7 heteroatoms. The molecule has 120 valence electrons. The van der Waals surface area contributed by atoms with Crippen LogP contribution in [0.2, 0.25) is 5.02 Å². The minimum absolute atomic E-state index is 0.267. The highest BCUT2D eigenvalue weighted by atomic mass is 35.5. The zero-order chi connectivity index (χ0) is 16.1. The number of halogens is 1. The predicted molar refractivity (Wildman–Crippen MR) is 99.0 cm³/mol. The summed E-state index contributed by atoms with van der Waals surface area (Å²) >= 11 is 12.9. The number of hydrogen-bond donors (Lipinski definition) is 2. The molecular formula is C16H15ClN2O2S2. The Hall–Kier alpha value is -1.63. The van der Waals surface area contributed by atoms with Crippen molar-refractivity contribution in [2.24, 2.45) is 0 Å². The van der Waals surface area contributed by atoms with Crippen molar-refractivity contribution in [1.29, 1.82) is 0 Å². The van der Waals surface area contributed by atoms with Crippen LogP contribution in [-0.2, 0) is 0 Å². The SMILES string of the molecule is S=C(NCCSc1ccc(Cl)cc1)Nc1ccc2c(c1)OCO2. The highest BCUT2D eigenvalue weighted by molar-refractivity contribution is 7.99. The first-order valence-electron chi connectivity index (χ1n) is 7.03. The molecule has 2 aromatic carbocycles. The lowest BCUT2D eigenvalue weighted by Crippen LogP contribution is -2.30. The minimum Gasteiger partial charge on any atom is -0.454 e. The molecule has 2 N–H and O–H groups in total. The summed E-state index contributed by atoms with van der Waals surface area (Å²) in [7, 11) is 0. The van der Waals surface area contributed by atoms with Crippen molar-refractivity contribution in [1.82, 2.24) is 5.32 Å². The van der Waals surface area contributed by atoms with Crippen LogP contribution in [-0.4, -0.2) is 24.2 Å². The summed E-state index contributed by atoms with van der Waals surface area (Å²) in [6, 6.07) is 13.4. The fraction of sp³-hybridized carbons (Fsp3) is 0.188. The van der Waals surface area contributed by atoms with E-state index in [2.05, 4.69) is 10.6 Å². The number of nitrogens with one attached hydrogen (secondary N) is 2. The molecule has 0 aromatic heterocycles. The number of rotatable bonds is 5. The van der Waals surface area contributed by atoms with Crippen LogP contribution in [0.5, 0.6) is 11.5 Å². The lowest BCUT2D eigenvalue weighted by atomic mass is 10.3. The van der Waals surface area contributed by atoms with Crippen LogP contribution in [0, 0.1) is 0 Å². The molecule has 0 spiro atoms. The van der Waals surface area contributed by atoms with E-state index < -0.39 is 0 Å². The molecule has 23 heavy (non-hydrogen) atoms. The molecule has 0 atom stereocenters. The number of anilines is 1. The molecule has 0 unspecified atom stereocenters. The van der Waals surface area contributed by atoms with E-state index in [1.54, 1.807) is 11.8 Å². The molecule has 2 aromatic rings. The van der Waals surface area contributed by atoms with Crippen molar-refractivity contribution in [2.75, 3.05) is 24.4 Å². The van der Waals surface area contributed by atoms with E-state index in [1.165, 1.54) is 4.90 Å². The lowest BCUT2D eigenvalue weighted by Gasteiger charge is -2.11. The molecule has 1 aliphatic heterocycles. The van der Waals surface area contributed by atoms with Crippen LogP contribution >= 0.6 is 35.6 Å². The predicted octanol–water partition coefficient (Wildman–Crippen LogP) is 4.15. The Balaban J connectivity index is 1.40. The smallest absolute Gasteiger partial charge is 0.231 e. The van der Waals surface area contributed by atoms with Crippen LogP contribution in [0.3, 0.4) is 0 Å². The third kappa shape index (κ3) is 4.67. The van der Waals surface area contributed by atoms with E-state index in [-0.39, 0.29) is 6.79 Å². The molecule has 0 saturated heterocycles. The van der Waals surface area contributed by atoms with E-state index in [1.807, 2.05) is 42.5 Å². The molecule has 0 bridgehead atoms. The van der Waals surface area contributed by atoms with Crippen LogP contribution in [0.15, 0.2) is 47.4 Å². The number of fused-ring (bicyclic) bond motifs is 1. The van der Waals surface area contributed by atoms with Crippen molar-refractivity contribution in [2.45, 2.75) is 4.90 Å². The second-order valence-corrected chi connectivity index (χ2v) is 6.76. The third-order valence-electron chi connectivity index (χ3n) is 3.10. The second kappa shape index (κ2) is 7.77. The number of hydrogen-bond acceptors (Lipinski definition) is 4. The van der Waals surface area contributed by atoms with Crippen molar-refractivity contribution < 1.29 is 9.47 Å². The maximum absolute atomic E-state index is 5.86. The minimum atomic E-state index is 0.267. The maximum atomic E-state index is 5.86. The van der Waals surface area contributed by atoms with Crippen LogP contribution in [0.25, 0.3) is 0 Å². The largest absolute Gasteiger partial charge is 0.454 e. The molecule has 0 fully saturated rings. The van der Waals surface area contributed by atoms with E-state index in [9.17, 15) is 0 Å². The Morgan fingerprint density at radius 1 is 1.13 bits per heavy atom. The quantitative estimate of drug-likeness (QED) is 0.471. The van der Waals surface area contributed by atoms with Gasteiger partial charge < -0.3 is 20.1 Å². The van der Waals surface area contributed by atoms with Gasteiger partial charge in [-0.25, -0.2) is 0 Å². The number of benzene rings is 2. The van der Waals surface area contributed by atoms with Gasteiger partial charge in [-0.2, -0.15) is 0 Å². The van der Waals surface area contributed by atoms with Gasteiger partial charge in [-0.1, -0.05) is 11.6 Å². The van der Waals surface area contributed by atoms with Gasteiger partial charge in [-0.3, -0.25) is 0 Å². The first-order chi connectivity index (χ1) is 11.2. The molecular weight excluding hydrogens is 352 g/mol. The number of thioether (sulfide) groups is 1. The topological polar surface area (TPSA) is 42.5 Å². The van der Waals surface area contributed by atoms with Crippen molar-refractivity contribution >= 4 is 46.4 Å². The van der Waals surface area contributed by atoms with Gasteiger partial charge in [0.15, 0.2) is 16.6 Å². The zero-order valence-corrected chi connectivity index (χ0v) is 14.6. The maximum Gasteiger partial charge on any atom is 0.231 e. The molecule has 3 rings (SSSR count). The van der Waals surface area contributed by atoms with Crippen molar-refractivity contribution in [3.63, 3.8) is 0 Å². The van der Waals surface area contributed by atoms with Gasteiger partial charge in [0.25, 0.3) is 0 Å². The Morgan fingerprint density at radius 2 is 1.91 bits per heavy atom. The van der Waals surface area contributed by atoms with Gasteiger partial charge in [0.2, 0.25) is 6.79 Å². The van der Waals surface area contributed by atoms with Crippen molar-refractivity contribution in [3.8, 4) is 11.5 Å². The van der Waals surface area contributed by atoms with Gasteiger partial charge in [0, 0.05) is 34.0 Å². The Labute approximate surface area is 149 Å². The molecule has 0 aliphatic carbocycles. The molecule has 0 saturated carbocycles. The van der Waals surface area contributed by atoms with Gasteiger partial charge in [-0.05, 0) is 48.6 Å². The van der Waals surface area contributed by atoms with E-state index in [0.29, 0.717) is 5.11 Å². The lowest BCUT2D eigenvalue weighted by molar-refractivity contribution is 0.174. The monoisotopic (exact) mass is 366 g/mol. The summed E-state index contributed by atoms with van der Waals surface area (Å²) in [4.78, 5) is 1.19. The number of thiocarbonyl (C=S) groups is 1. The van der Waals surface area contributed by atoms with Gasteiger partial charge >= 0.3 is 0 Å². The highest BCUT2D eigenvalue weighted by Gasteiger charge is 2.13. The third-order valence-corrected chi connectivity index (χ3v) is 4.61. The van der Waals surface area contributed by atoms with E-state index in [0.717, 1.165) is 34.5 Å². The summed E-state index contributed by atoms with van der Waals surface area (Å²) in [5.74, 6) is 2.40. The van der Waals surface area contributed by atoms with Crippen LogP contribution in [0.4, 0.5) is 5.69 Å². The summed E-state index contributed by atoms with van der Waals surface area (Å²) in [6.07, 6.45) is 0. The molecule has 0 amide bonds. The number of ether oxygens (including phenoxy) is 2. The Morgan fingerprint density at radius 3 is 2.74 bits per heavy atom. The van der Waals surface area contributed by atoms with Crippen LogP contribution < -0.4 is 20.1 Å². The molecule has 1 heterocycles. The first-order valence-corrected chi connectivity index (χ1v) is 8.81. The van der Waals surface area contributed by atoms with Gasteiger partial charge in [0.1, 0.15) is 0 Å². The normalized spacial score (nSPS) is 12.0.